The number of rotatable bonds is 6. The molecule has 1 atom stereocenters. The molecule has 1 aliphatic heterocycles. The zero-order valence-electron chi connectivity index (χ0n) is 13.7. The van der Waals surface area contributed by atoms with Crippen molar-refractivity contribution in [3.63, 3.8) is 0 Å². The molecule has 0 radical (unpaired) electrons. The van der Waals surface area contributed by atoms with Crippen LogP contribution in [0.15, 0.2) is 4.99 Å². The van der Waals surface area contributed by atoms with Gasteiger partial charge in [0.1, 0.15) is 0 Å². The summed E-state index contributed by atoms with van der Waals surface area (Å²) in [6.45, 7) is 3.00. The molecule has 23 heavy (non-hydrogen) atoms. The van der Waals surface area contributed by atoms with Crippen LogP contribution in [0.25, 0.3) is 0 Å². The highest BCUT2D eigenvalue weighted by atomic mass is 127. The monoisotopic (exact) mass is 437 g/mol. The number of hydrogen-bond acceptors (Lipinski definition) is 3. The van der Waals surface area contributed by atoms with E-state index in [1.54, 1.807) is 7.05 Å². The van der Waals surface area contributed by atoms with Crippen LogP contribution in [0.4, 0.5) is 0 Å². The first kappa shape index (κ1) is 20.0. The summed E-state index contributed by atoms with van der Waals surface area (Å²) in [5.41, 5.74) is 5.29. The summed E-state index contributed by atoms with van der Waals surface area (Å²) in [7, 11) is 1.75. The van der Waals surface area contributed by atoms with Gasteiger partial charge in [0.15, 0.2) is 5.96 Å². The summed E-state index contributed by atoms with van der Waals surface area (Å²) in [6, 6.07) is 0. The molecule has 7 nitrogen and oxygen atoms in total. The highest BCUT2D eigenvalue weighted by Gasteiger charge is 2.29. The number of nitrogens with zero attached hydrogens (tertiary/aromatic N) is 2. The van der Waals surface area contributed by atoms with E-state index in [1.807, 2.05) is 0 Å². The summed E-state index contributed by atoms with van der Waals surface area (Å²) in [4.78, 5) is 29.1. The Hall–Kier alpha value is -1.06. The van der Waals surface area contributed by atoms with Crippen molar-refractivity contribution >= 4 is 41.8 Å². The quantitative estimate of drug-likeness (QED) is 0.241. The number of piperidine rings is 1. The van der Waals surface area contributed by atoms with Gasteiger partial charge in [0, 0.05) is 45.6 Å². The molecule has 1 aliphatic carbocycles. The molecule has 0 spiro atoms. The van der Waals surface area contributed by atoms with Crippen LogP contribution < -0.4 is 16.4 Å². The van der Waals surface area contributed by atoms with Crippen molar-refractivity contribution in [2.75, 3.05) is 33.2 Å². The van der Waals surface area contributed by atoms with Crippen molar-refractivity contribution < 1.29 is 9.59 Å². The zero-order chi connectivity index (χ0) is 15.9. The largest absolute Gasteiger partial charge is 0.370 e. The van der Waals surface area contributed by atoms with E-state index in [0.29, 0.717) is 25.4 Å². The molecule has 1 heterocycles. The second-order valence-corrected chi connectivity index (χ2v) is 6.16. The first-order valence-electron chi connectivity index (χ1n) is 8.11. The molecule has 2 fully saturated rings. The first-order chi connectivity index (χ1) is 10.6. The van der Waals surface area contributed by atoms with Crippen molar-refractivity contribution in [2.24, 2.45) is 22.6 Å². The standard InChI is InChI=1S/C15H27N5O2.HI/c1-17-15(19-7-6-18-14(22)12-4-5-12)20-8-2-3-11(10-20)9-13(16)21;/h11-12H,2-10H2,1H3,(H2,16,21)(H,17,19)(H,18,22);1H. The average Bonchev–Trinajstić information content (AvgIpc) is 3.31. The van der Waals surface area contributed by atoms with Gasteiger partial charge in [0.25, 0.3) is 0 Å². The zero-order valence-corrected chi connectivity index (χ0v) is 16.0. The Morgan fingerprint density at radius 2 is 1.91 bits per heavy atom. The van der Waals surface area contributed by atoms with Crippen LogP contribution in [0, 0.1) is 11.8 Å². The third kappa shape index (κ3) is 6.92. The molecule has 132 valence electrons. The molecular formula is C15H28IN5O2. The normalized spacial score (nSPS) is 21.3. The second kappa shape index (κ2) is 9.94. The van der Waals surface area contributed by atoms with Crippen molar-refractivity contribution in [3.8, 4) is 0 Å². The molecule has 1 saturated carbocycles. The number of halogens is 1. The molecule has 4 N–H and O–H groups in total. The van der Waals surface area contributed by atoms with Gasteiger partial charge in [0.2, 0.25) is 11.8 Å². The average molecular weight is 437 g/mol. The maximum atomic E-state index is 11.5. The van der Waals surface area contributed by atoms with Gasteiger partial charge in [-0.25, -0.2) is 0 Å². The number of hydrogen-bond donors (Lipinski definition) is 3. The fourth-order valence-electron chi connectivity index (χ4n) is 2.89. The predicted molar refractivity (Wildman–Crippen MR) is 101 cm³/mol. The number of likely N-dealkylation sites (tertiary alicyclic amines) is 1. The third-order valence-corrected chi connectivity index (χ3v) is 4.18. The lowest BCUT2D eigenvalue weighted by atomic mass is 9.95. The van der Waals surface area contributed by atoms with Crippen LogP contribution in [0.5, 0.6) is 0 Å². The minimum atomic E-state index is -0.238. The van der Waals surface area contributed by atoms with Crippen molar-refractivity contribution in [1.82, 2.24) is 15.5 Å². The Bertz CT molecular complexity index is 440. The molecule has 8 heteroatoms. The van der Waals surface area contributed by atoms with Gasteiger partial charge in [-0.05, 0) is 31.6 Å². The Morgan fingerprint density at radius 1 is 1.22 bits per heavy atom. The van der Waals surface area contributed by atoms with E-state index in [2.05, 4.69) is 20.5 Å². The smallest absolute Gasteiger partial charge is 0.223 e. The third-order valence-electron chi connectivity index (χ3n) is 4.18. The van der Waals surface area contributed by atoms with Crippen LogP contribution >= 0.6 is 24.0 Å². The molecule has 0 aromatic carbocycles. The van der Waals surface area contributed by atoms with Gasteiger partial charge in [-0.3, -0.25) is 14.6 Å². The second-order valence-electron chi connectivity index (χ2n) is 6.16. The van der Waals surface area contributed by atoms with E-state index < -0.39 is 0 Å². The molecule has 1 saturated heterocycles. The minimum Gasteiger partial charge on any atom is -0.370 e. The number of nitrogens with one attached hydrogen (secondary N) is 2. The molecular weight excluding hydrogens is 409 g/mol. The summed E-state index contributed by atoms with van der Waals surface area (Å²) < 4.78 is 0. The minimum absolute atomic E-state index is 0. The van der Waals surface area contributed by atoms with Crippen LogP contribution in [0.3, 0.4) is 0 Å². The van der Waals surface area contributed by atoms with Gasteiger partial charge >= 0.3 is 0 Å². The van der Waals surface area contributed by atoms with E-state index in [0.717, 1.165) is 44.7 Å². The first-order valence-corrected chi connectivity index (χ1v) is 8.11. The lowest BCUT2D eigenvalue weighted by Gasteiger charge is -2.34. The Labute approximate surface area is 154 Å². The fourth-order valence-corrected chi connectivity index (χ4v) is 2.89. The van der Waals surface area contributed by atoms with Gasteiger partial charge in [-0.2, -0.15) is 0 Å². The molecule has 1 unspecified atom stereocenters. The Kier molecular flexibility index (Phi) is 8.64. The molecule has 2 amide bonds. The number of carbonyl (C=O) groups excluding carboxylic acids is 2. The molecule has 2 rings (SSSR count). The van der Waals surface area contributed by atoms with Gasteiger partial charge < -0.3 is 21.3 Å². The topological polar surface area (TPSA) is 99.8 Å². The highest BCUT2D eigenvalue weighted by Crippen LogP contribution is 2.28. The lowest BCUT2D eigenvalue weighted by Crippen LogP contribution is -2.48. The lowest BCUT2D eigenvalue weighted by molar-refractivity contribution is -0.122. The van der Waals surface area contributed by atoms with E-state index in [1.165, 1.54) is 0 Å². The number of aliphatic imine (C=N–C) groups is 1. The summed E-state index contributed by atoms with van der Waals surface area (Å²) in [6.07, 6.45) is 4.56. The van der Waals surface area contributed by atoms with Gasteiger partial charge in [-0.1, -0.05) is 0 Å². The SMILES string of the molecule is CN=C(NCCNC(=O)C1CC1)N1CCCC(CC(N)=O)C1.I. The summed E-state index contributed by atoms with van der Waals surface area (Å²) >= 11 is 0. The number of primary amides is 1. The summed E-state index contributed by atoms with van der Waals surface area (Å²) in [5.74, 6) is 1.30. The molecule has 0 aromatic rings. The van der Waals surface area contributed by atoms with E-state index in [4.69, 9.17) is 5.73 Å². The maximum Gasteiger partial charge on any atom is 0.223 e. The number of nitrogens with two attached hydrogens (primary N) is 1. The maximum absolute atomic E-state index is 11.5. The van der Waals surface area contributed by atoms with Crippen LogP contribution in [-0.2, 0) is 9.59 Å². The van der Waals surface area contributed by atoms with Crippen molar-refractivity contribution in [1.29, 1.82) is 0 Å². The van der Waals surface area contributed by atoms with Crippen molar-refractivity contribution in [3.05, 3.63) is 0 Å². The van der Waals surface area contributed by atoms with E-state index in [-0.39, 0.29) is 41.7 Å². The van der Waals surface area contributed by atoms with E-state index in [9.17, 15) is 9.59 Å². The summed E-state index contributed by atoms with van der Waals surface area (Å²) in [5, 5.41) is 6.20. The van der Waals surface area contributed by atoms with Crippen LogP contribution in [0.2, 0.25) is 0 Å². The number of guanidine groups is 1. The number of amides is 2. The van der Waals surface area contributed by atoms with E-state index >= 15 is 0 Å². The van der Waals surface area contributed by atoms with Gasteiger partial charge in [0.05, 0.1) is 0 Å². The molecule has 0 aromatic heterocycles. The van der Waals surface area contributed by atoms with Crippen LogP contribution in [0.1, 0.15) is 32.1 Å². The predicted octanol–water partition coefficient (Wildman–Crippen LogP) is 0.293. The van der Waals surface area contributed by atoms with Gasteiger partial charge in [-0.15, -0.1) is 24.0 Å². The Balaban J connectivity index is 0.00000264. The molecule has 0 bridgehead atoms. The molecule has 2 aliphatic rings. The highest BCUT2D eigenvalue weighted by molar-refractivity contribution is 14.0. The van der Waals surface area contributed by atoms with Crippen LogP contribution in [-0.4, -0.2) is 55.9 Å². The Morgan fingerprint density at radius 3 is 2.52 bits per heavy atom. The fraction of sp³-hybridized carbons (Fsp3) is 0.800. The number of carbonyl (C=O) groups is 2. The van der Waals surface area contributed by atoms with Crippen molar-refractivity contribution in [2.45, 2.75) is 32.1 Å².